The fourth-order valence-corrected chi connectivity index (χ4v) is 6.06. The zero-order chi connectivity index (χ0) is 25.3. The van der Waals surface area contributed by atoms with E-state index in [-0.39, 0.29) is 4.90 Å². The van der Waals surface area contributed by atoms with Gasteiger partial charge in [0.2, 0.25) is 5.95 Å². The van der Waals surface area contributed by atoms with Crippen molar-refractivity contribution >= 4 is 43.0 Å². The predicted molar refractivity (Wildman–Crippen MR) is 144 cm³/mol. The highest BCUT2D eigenvalue weighted by Crippen LogP contribution is 2.40. The Bertz CT molecular complexity index is 1510. The van der Waals surface area contributed by atoms with Crippen LogP contribution in [0.2, 0.25) is 0 Å². The van der Waals surface area contributed by atoms with Gasteiger partial charge in [-0.1, -0.05) is 6.07 Å². The molecular formula is C26H28N4O4S2. The van der Waals surface area contributed by atoms with Crippen molar-refractivity contribution in [2.24, 2.45) is 0 Å². The van der Waals surface area contributed by atoms with Gasteiger partial charge in [0.25, 0.3) is 0 Å². The van der Waals surface area contributed by atoms with Gasteiger partial charge in [-0.05, 0) is 67.7 Å². The Labute approximate surface area is 214 Å². The van der Waals surface area contributed by atoms with E-state index in [0.29, 0.717) is 28.7 Å². The molecule has 2 aromatic carbocycles. The third-order valence-electron chi connectivity index (χ3n) is 6.49. The molecule has 1 aliphatic rings. The summed E-state index contributed by atoms with van der Waals surface area (Å²) in [5.41, 5.74) is 4.22. The first kappa shape index (κ1) is 24.5. The van der Waals surface area contributed by atoms with Gasteiger partial charge in [0.05, 0.1) is 41.2 Å². The summed E-state index contributed by atoms with van der Waals surface area (Å²) in [6, 6.07) is 11.1. The number of anilines is 2. The minimum Gasteiger partial charge on any atom is -0.496 e. The molecule has 3 heterocycles. The third kappa shape index (κ3) is 4.88. The van der Waals surface area contributed by atoms with Crippen molar-refractivity contribution in [2.45, 2.75) is 23.7 Å². The van der Waals surface area contributed by atoms with Crippen LogP contribution in [0.1, 0.15) is 24.3 Å². The summed E-state index contributed by atoms with van der Waals surface area (Å²) in [5, 5.41) is 8.65. The number of ether oxygens (including phenoxy) is 2. The number of rotatable bonds is 7. The average Bonchev–Trinajstić information content (AvgIpc) is 3.31. The Balaban J connectivity index is 1.50. The van der Waals surface area contributed by atoms with Crippen molar-refractivity contribution in [3.8, 4) is 22.6 Å². The van der Waals surface area contributed by atoms with Crippen molar-refractivity contribution < 1.29 is 17.9 Å². The van der Waals surface area contributed by atoms with Gasteiger partial charge < -0.3 is 20.1 Å². The van der Waals surface area contributed by atoms with Crippen LogP contribution in [0.25, 0.3) is 21.3 Å². The van der Waals surface area contributed by atoms with Crippen LogP contribution in [0.4, 0.5) is 11.6 Å². The van der Waals surface area contributed by atoms with E-state index in [2.05, 4.69) is 27.8 Å². The van der Waals surface area contributed by atoms with Crippen molar-refractivity contribution in [3.05, 3.63) is 53.5 Å². The molecule has 0 amide bonds. The van der Waals surface area contributed by atoms with E-state index in [1.54, 1.807) is 38.6 Å². The molecule has 0 radical (unpaired) electrons. The molecule has 10 heteroatoms. The normalized spacial score (nSPS) is 14.6. The highest BCUT2D eigenvalue weighted by atomic mass is 32.2. The lowest BCUT2D eigenvalue weighted by Crippen LogP contribution is -2.26. The third-order valence-corrected chi connectivity index (χ3v) is 8.50. The van der Waals surface area contributed by atoms with Gasteiger partial charge in [-0.15, -0.1) is 11.3 Å². The molecule has 0 bridgehead atoms. The second kappa shape index (κ2) is 10.0. The van der Waals surface area contributed by atoms with E-state index >= 15 is 0 Å². The Hall–Kier alpha value is -3.21. The van der Waals surface area contributed by atoms with E-state index in [9.17, 15) is 8.42 Å². The second-order valence-electron chi connectivity index (χ2n) is 8.80. The highest BCUT2D eigenvalue weighted by Gasteiger charge is 2.19. The molecule has 1 fully saturated rings. The van der Waals surface area contributed by atoms with Gasteiger partial charge in [-0.3, -0.25) is 0 Å². The van der Waals surface area contributed by atoms with E-state index in [1.807, 2.05) is 11.4 Å². The summed E-state index contributed by atoms with van der Waals surface area (Å²) in [6.07, 6.45) is 5.18. The number of nitrogens with zero attached hydrogens (tertiary/aromatic N) is 2. The number of hydrogen-bond acceptors (Lipinski definition) is 9. The van der Waals surface area contributed by atoms with Gasteiger partial charge in [-0.2, -0.15) is 0 Å². The van der Waals surface area contributed by atoms with E-state index < -0.39 is 9.84 Å². The summed E-state index contributed by atoms with van der Waals surface area (Å²) in [7, 11) is -0.151. The van der Waals surface area contributed by atoms with E-state index in [1.165, 1.54) is 23.2 Å². The minimum absolute atomic E-state index is 0.226. The average molecular weight is 525 g/mol. The fourth-order valence-electron chi connectivity index (χ4n) is 4.55. The van der Waals surface area contributed by atoms with Crippen molar-refractivity contribution in [2.75, 3.05) is 38.9 Å². The lowest BCUT2D eigenvalue weighted by molar-refractivity contribution is 0.413. The van der Waals surface area contributed by atoms with Gasteiger partial charge in [0, 0.05) is 22.8 Å². The molecule has 8 nitrogen and oxygen atoms in total. The van der Waals surface area contributed by atoms with Crippen molar-refractivity contribution in [3.63, 3.8) is 0 Å². The number of nitrogens with one attached hydrogen (secondary N) is 2. The van der Waals surface area contributed by atoms with E-state index in [0.717, 1.165) is 47.6 Å². The Morgan fingerprint density at radius 2 is 1.81 bits per heavy atom. The predicted octanol–water partition coefficient (Wildman–Crippen LogP) is 4.99. The van der Waals surface area contributed by atoms with Crippen LogP contribution in [-0.2, 0) is 9.84 Å². The maximum absolute atomic E-state index is 12.2. The van der Waals surface area contributed by atoms with Crippen LogP contribution >= 0.6 is 11.3 Å². The Kier molecular flexibility index (Phi) is 6.83. The molecule has 0 aliphatic carbocycles. The van der Waals surface area contributed by atoms with Crippen molar-refractivity contribution in [1.82, 2.24) is 15.3 Å². The zero-order valence-corrected chi connectivity index (χ0v) is 22.0. The number of methoxy groups -OCH3 is 2. The van der Waals surface area contributed by atoms with Gasteiger partial charge in [0.1, 0.15) is 11.5 Å². The number of piperidine rings is 1. The second-order valence-corrected chi connectivity index (χ2v) is 11.7. The summed E-state index contributed by atoms with van der Waals surface area (Å²) >= 11 is 1.49. The van der Waals surface area contributed by atoms with Gasteiger partial charge >= 0.3 is 0 Å². The monoisotopic (exact) mass is 524 g/mol. The SMILES string of the molecule is COc1cc(C2CCNCC2)ccc1Nc1ncc2scc(-c3cc(S(C)(=O)=O)ccc3OC)c2n1. The first-order valence-electron chi connectivity index (χ1n) is 11.7. The molecule has 1 saturated heterocycles. The van der Waals surface area contributed by atoms with Crippen LogP contribution < -0.4 is 20.1 Å². The van der Waals surface area contributed by atoms with Crippen LogP contribution in [-0.4, -0.2) is 52.0 Å². The highest BCUT2D eigenvalue weighted by molar-refractivity contribution is 7.90. The molecule has 5 rings (SSSR count). The molecule has 0 unspecified atom stereocenters. The summed E-state index contributed by atoms with van der Waals surface area (Å²) in [6.45, 7) is 2.06. The summed E-state index contributed by atoms with van der Waals surface area (Å²) < 4.78 is 36.4. The van der Waals surface area contributed by atoms with Gasteiger partial charge in [0.15, 0.2) is 9.84 Å². The molecule has 188 valence electrons. The topological polar surface area (TPSA) is 102 Å². The minimum atomic E-state index is -3.38. The van der Waals surface area contributed by atoms with Crippen LogP contribution in [0.15, 0.2) is 52.9 Å². The lowest BCUT2D eigenvalue weighted by Gasteiger charge is -2.24. The smallest absolute Gasteiger partial charge is 0.227 e. The Morgan fingerprint density at radius 1 is 1.03 bits per heavy atom. The number of benzene rings is 2. The maximum atomic E-state index is 12.2. The molecule has 36 heavy (non-hydrogen) atoms. The number of fused-ring (bicyclic) bond motifs is 1. The Morgan fingerprint density at radius 3 is 2.53 bits per heavy atom. The first-order chi connectivity index (χ1) is 17.4. The quantitative estimate of drug-likeness (QED) is 0.349. The maximum Gasteiger partial charge on any atom is 0.227 e. The molecule has 2 aromatic heterocycles. The fraction of sp³-hybridized carbons (Fsp3) is 0.308. The molecule has 2 N–H and O–H groups in total. The standard InChI is InChI=1S/C26H28N4O4S2/c1-33-22-7-5-18(36(3,31)32)13-19(22)20-15-35-24-14-28-26(30-25(20)24)29-21-6-4-17(12-23(21)34-2)16-8-10-27-11-9-16/h4-7,12-16,27H,8-11H2,1-3H3,(H,28,29,30). The molecular weight excluding hydrogens is 496 g/mol. The van der Waals surface area contributed by atoms with Crippen LogP contribution in [0.3, 0.4) is 0 Å². The number of hydrogen-bond donors (Lipinski definition) is 2. The van der Waals surface area contributed by atoms with E-state index in [4.69, 9.17) is 14.5 Å². The van der Waals surface area contributed by atoms with Crippen LogP contribution in [0.5, 0.6) is 11.5 Å². The molecule has 1 aliphatic heterocycles. The summed E-state index contributed by atoms with van der Waals surface area (Å²) in [4.78, 5) is 9.50. The molecule has 0 saturated carbocycles. The zero-order valence-electron chi connectivity index (χ0n) is 20.4. The molecule has 0 atom stereocenters. The number of sulfone groups is 1. The lowest BCUT2D eigenvalue weighted by atomic mass is 9.90. The van der Waals surface area contributed by atoms with Crippen LogP contribution in [0, 0.1) is 0 Å². The molecule has 4 aromatic rings. The first-order valence-corrected chi connectivity index (χ1v) is 14.4. The van der Waals surface area contributed by atoms with Crippen molar-refractivity contribution in [1.29, 1.82) is 0 Å². The number of aromatic nitrogens is 2. The largest absolute Gasteiger partial charge is 0.496 e. The van der Waals surface area contributed by atoms with Gasteiger partial charge in [-0.25, -0.2) is 18.4 Å². The summed E-state index contributed by atoms with van der Waals surface area (Å²) in [5.74, 6) is 2.26. The molecule has 0 spiro atoms. The number of thiophene rings is 1.